The number of hydrogen-bond donors (Lipinski definition) is 2. The number of carboxylic acids is 1. The Balaban J connectivity index is 1.95. The summed E-state index contributed by atoms with van der Waals surface area (Å²) < 4.78 is 0. The SMILES string of the molecule is CC(NC1CCCC1Cc1ccc(Cl)cc1)C(=O)O. The van der Waals surface area contributed by atoms with E-state index in [9.17, 15) is 4.79 Å². The van der Waals surface area contributed by atoms with Gasteiger partial charge in [0.25, 0.3) is 0 Å². The Morgan fingerprint density at radius 1 is 1.42 bits per heavy atom. The van der Waals surface area contributed by atoms with Crippen molar-refractivity contribution in [3.8, 4) is 0 Å². The molecule has 1 aromatic rings. The van der Waals surface area contributed by atoms with Crippen LogP contribution in [0.3, 0.4) is 0 Å². The van der Waals surface area contributed by atoms with E-state index >= 15 is 0 Å². The van der Waals surface area contributed by atoms with Crippen molar-refractivity contribution in [2.24, 2.45) is 5.92 Å². The maximum atomic E-state index is 10.9. The minimum atomic E-state index is -0.780. The molecule has 19 heavy (non-hydrogen) atoms. The molecule has 4 heteroatoms. The topological polar surface area (TPSA) is 49.3 Å². The van der Waals surface area contributed by atoms with Gasteiger partial charge >= 0.3 is 5.97 Å². The van der Waals surface area contributed by atoms with E-state index in [0.717, 1.165) is 24.3 Å². The van der Waals surface area contributed by atoms with Gasteiger partial charge in [-0.15, -0.1) is 0 Å². The minimum absolute atomic E-state index is 0.307. The molecule has 1 aromatic carbocycles. The third-order valence-electron chi connectivity index (χ3n) is 3.90. The van der Waals surface area contributed by atoms with Gasteiger partial charge in [-0.25, -0.2) is 0 Å². The molecule has 0 aliphatic heterocycles. The van der Waals surface area contributed by atoms with Gasteiger partial charge in [-0.1, -0.05) is 30.2 Å². The predicted molar refractivity (Wildman–Crippen MR) is 76.5 cm³/mol. The molecule has 3 unspecified atom stereocenters. The van der Waals surface area contributed by atoms with E-state index in [4.69, 9.17) is 16.7 Å². The largest absolute Gasteiger partial charge is 0.480 e. The summed E-state index contributed by atoms with van der Waals surface area (Å²) in [6.07, 6.45) is 4.38. The van der Waals surface area contributed by atoms with Crippen molar-refractivity contribution in [2.45, 2.75) is 44.7 Å². The van der Waals surface area contributed by atoms with Crippen LogP contribution in [0.5, 0.6) is 0 Å². The first-order chi connectivity index (χ1) is 9.06. The van der Waals surface area contributed by atoms with Crippen molar-refractivity contribution >= 4 is 17.6 Å². The van der Waals surface area contributed by atoms with Crippen molar-refractivity contribution in [3.63, 3.8) is 0 Å². The molecule has 0 amide bonds. The molecule has 3 atom stereocenters. The van der Waals surface area contributed by atoms with Gasteiger partial charge in [0.1, 0.15) is 6.04 Å². The normalized spacial score (nSPS) is 24.3. The molecule has 0 radical (unpaired) electrons. The second-order valence-corrected chi connectivity index (χ2v) is 5.79. The summed E-state index contributed by atoms with van der Waals surface area (Å²) >= 11 is 5.88. The van der Waals surface area contributed by atoms with E-state index in [2.05, 4.69) is 17.4 Å². The first-order valence-corrected chi connectivity index (χ1v) is 7.17. The number of carbonyl (C=O) groups is 1. The lowest BCUT2D eigenvalue weighted by atomic mass is 9.94. The fourth-order valence-electron chi connectivity index (χ4n) is 2.82. The van der Waals surface area contributed by atoms with Crippen molar-refractivity contribution in [1.29, 1.82) is 0 Å². The van der Waals surface area contributed by atoms with Gasteiger partial charge in [-0.3, -0.25) is 4.79 Å². The van der Waals surface area contributed by atoms with Crippen LogP contribution in [0.25, 0.3) is 0 Å². The Bertz CT molecular complexity index is 432. The second kappa shape index (κ2) is 6.40. The number of rotatable bonds is 5. The highest BCUT2D eigenvalue weighted by molar-refractivity contribution is 6.30. The molecule has 0 spiro atoms. The number of carboxylic acid groups (broad SMARTS) is 1. The molecule has 104 valence electrons. The summed E-state index contributed by atoms with van der Waals surface area (Å²) in [5.74, 6) is -0.264. The number of hydrogen-bond acceptors (Lipinski definition) is 2. The van der Waals surface area contributed by atoms with E-state index in [0.29, 0.717) is 12.0 Å². The van der Waals surface area contributed by atoms with Crippen molar-refractivity contribution in [1.82, 2.24) is 5.32 Å². The number of benzene rings is 1. The Morgan fingerprint density at radius 3 is 2.74 bits per heavy atom. The lowest BCUT2D eigenvalue weighted by Gasteiger charge is -2.23. The molecule has 0 bridgehead atoms. The quantitative estimate of drug-likeness (QED) is 0.872. The average molecular weight is 282 g/mol. The molecule has 2 rings (SSSR count). The van der Waals surface area contributed by atoms with Gasteiger partial charge in [0.2, 0.25) is 0 Å². The lowest BCUT2D eigenvalue weighted by molar-refractivity contribution is -0.139. The van der Waals surface area contributed by atoms with Crippen molar-refractivity contribution in [3.05, 3.63) is 34.9 Å². The third kappa shape index (κ3) is 3.95. The van der Waals surface area contributed by atoms with Crippen LogP contribution in [0.4, 0.5) is 0 Å². The van der Waals surface area contributed by atoms with Crippen LogP contribution in [0, 0.1) is 5.92 Å². The molecular formula is C15H20ClNO2. The fraction of sp³-hybridized carbons (Fsp3) is 0.533. The van der Waals surface area contributed by atoms with Crippen molar-refractivity contribution in [2.75, 3.05) is 0 Å². The Kier molecular flexibility index (Phi) is 4.83. The number of halogens is 1. The molecule has 1 aliphatic rings. The molecule has 2 N–H and O–H groups in total. The molecule has 0 heterocycles. The standard InChI is InChI=1S/C15H20ClNO2/c1-10(15(18)19)17-14-4-2-3-12(14)9-11-5-7-13(16)8-6-11/h5-8,10,12,14,17H,2-4,9H2,1H3,(H,18,19). The lowest BCUT2D eigenvalue weighted by Crippen LogP contribution is -2.43. The van der Waals surface area contributed by atoms with E-state index in [1.54, 1.807) is 6.92 Å². The van der Waals surface area contributed by atoms with Crippen LogP contribution in [-0.2, 0) is 11.2 Å². The van der Waals surface area contributed by atoms with Crippen LogP contribution in [0.1, 0.15) is 31.7 Å². The first-order valence-electron chi connectivity index (χ1n) is 6.79. The van der Waals surface area contributed by atoms with E-state index in [1.807, 2.05) is 12.1 Å². The summed E-state index contributed by atoms with van der Waals surface area (Å²) in [7, 11) is 0. The van der Waals surface area contributed by atoms with E-state index < -0.39 is 12.0 Å². The minimum Gasteiger partial charge on any atom is -0.480 e. The Morgan fingerprint density at radius 2 is 2.11 bits per heavy atom. The summed E-state index contributed by atoms with van der Waals surface area (Å²) in [5.41, 5.74) is 1.27. The zero-order chi connectivity index (χ0) is 13.8. The second-order valence-electron chi connectivity index (χ2n) is 5.35. The predicted octanol–water partition coefficient (Wildman–Crippen LogP) is 3.11. The van der Waals surface area contributed by atoms with Crippen LogP contribution in [0.15, 0.2) is 24.3 Å². The maximum absolute atomic E-state index is 10.9. The van der Waals surface area contributed by atoms with E-state index in [1.165, 1.54) is 12.0 Å². The monoisotopic (exact) mass is 281 g/mol. The summed E-state index contributed by atoms with van der Waals surface area (Å²) in [4.78, 5) is 10.9. The van der Waals surface area contributed by atoms with Gasteiger partial charge in [0.15, 0.2) is 0 Å². The third-order valence-corrected chi connectivity index (χ3v) is 4.16. The van der Waals surface area contributed by atoms with Crippen LogP contribution in [-0.4, -0.2) is 23.2 Å². The van der Waals surface area contributed by atoms with Crippen LogP contribution in [0.2, 0.25) is 5.02 Å². The first kappa shape index (κ1) is 14.4. The van der Waals surface area contributed by atoms with Gasteiger partial charge < -0.3 is 10.4 Å². The Labute approximate surface area is 119 Å². The summed E-state index contributed by atoms with van der Waals surface area (Å²) in [5, 5.41) is 13.0. The smallest absolute Gasteiger partial charge is 0.320 e. The van der Waals surface area contributed by atoms with Gasteiger partial charge in [-0.05, 0) is 49.8 Å². The zero-order valence-electron chi connectivity index (χ0n) is 11.1. The average Bonchev–Trinajstić information content (AvgIpc) is 2.79. The molecular weight excluding hydrogens is 262 g/mol. The van der Waals surface area contributed by atoms with E-state index in [-0.39, 0.29) is 0 Å². The van der Waals surface area contributed by atoms with Gasteiger partial charge in [-0.2, -0.15) is 0 Å². The fourth-order valence-corrected chi connectivity index (χ4v) is 2.94. The highest BCUT2D eigenvalue weighted by atomic mass is 35.5. The summed E-state index contributed by atoms with van der Waals surface area (Å²) in [6, 6.07) is 7.76. The maximum Gasteiger partial charge on any atom is 0.320 e. The molecule has 0 aromatic heterocycles. The number of nitrogens with one attached hydrogen (secondary N) is 1. The summed E-state index contributed by atoms with van der Waals surface area (Å²) in [6.45, 7) is 1.71. The Hall–Kier alpha value is -1.06. The molecule has 0 saturated heterocycles. The molecule has 3 nitrogen and oxygen atoms in total. The molecule has 1 fully saturated rings. The van der Waals surface area contributed by atoms with Crippen LogP contribution >= 0.6 is 11.6 Å². The van der Waals surface area contributed by atoms with Gasteiger partial charge in [0.05, 0.1) is 0 Å². The zero-order valence-corrected chi connectivity index (χ0v) is 11.9. The highest BCUT2D eigenvalue weighted by Crippen LogP contribution is 2.29. The van der Waals surface area contributed by atoms with Crippen LogP contribution < -0.4 is 5.32 Å². The molecule has 1 aliphatic carbocycles. The van der Waals surface area contributed by atoms with Crippen molar-refractivity contribution < 1.29 is 9.90 Å². The molecule has 1 saturated carbocycles. The highest BCUT2D eigenvalue weighted by Gasteiger charge is 2.29. The number of aliphatic carboxylic acids is 1. The van der Waals surface area contributed by atoms with Gasteiger partial charge in [0, 0.05) is 11.1 Å².